The summed E-state index contributed by atoms with van der Waals surface area (Å²) >= 11 is 0. The summed E-state index contributed by atoms with van der Waals surface area (Å²) in [5.74, 6) is 2.64. The smallest absolute Gasteiger partial charge is 0.228 e. The molecule has 34 heavy (non-hydrogen) atoms. The number of ether oxygens (including phenoxy) is 1. The van der Waals surface area contributed by atoms with E-state index in [0.29, 0.717) is 44.3 Å². The largest absolute Gasteiger partial charge is 0.497 e. The van der Waals surface area contributed by atoms with Crippen molar-refractivity contribution in [2.45, 2.75) is 13.3 Å². The molecule has 1 unspecified atom stereocenters. The fourth-order valence-corrected chi connectivity index (χ4v) is 4.54. The van der Waals surface area contributed by atoms with Gasteiger partial charge in [0.2, 0.25) is 11.8 Å². The van der Waals surface area contributed by atoms with E-state index in [2.05, 4.69) is 19.9 Å². The molecule has 0 N–H and O–H groups in total. The molecule has 3 aromatic rings. The normalized spacial score (nSPS) is 18.5. The molecule has 2 saturated heterocycles. The molecule has 0 spiro atoms. The lowest BCUT2D eigenvalue weighted by Gasteiger charge is -2.36. The topological polar surface area (TPSA) is 96.7 Å². The number of carbonyl (C=O) groups is 2. The van der Waals surface area contributed by atoms with Crippen molar-refractivity contribution in [1.82, 2.24) is 24.4 Å². The Hall–Kier alpha value is -3.95. The summed E-state index contributed by atoms with van der Waals surface area (Å²) in [4.78, 5) is 44.8. The summed E-state index contributed by atoms with van der Waals surface area (Å²) in [5.41, 5.74) is 0.761. The van der Waals surface area contributed by atoms with Crippen LogP contribution in [0.3, 0.4) is 0 Å². The molecule has 0 aliphatic carbocycles. The van der Waals surface area contributed by atoms with Gasteiger partial charge in [-0.2, -0.15) is 0 Å². The summed E-state index contributed by atoms with van der Waals surface area (Å²) in [6.45, 7) is 4.79. The molecular weight excluding hydrogens is 434 g/mol. The first-order chi connectivity index (χ1) is 16.5. The van der Waals surface area contributed by atoms with Crippen LogP contribution in [0.4, 0.5) is 11.5 Å². The van der Waals surface area contributed by atoms with E-state index in [1.165, 1.54) is 0 Å². The number of anilines is 2. The highest BCUT2D eigenvalue weighted by Crippen LogP contribution is 2.29. The summed E-state index contributed by atoms with van der Waals surface area (Å²) in [6, 6.07) is 9.32. The van der Waals surface area contributed by atoms with Crippen molar-refractivity contribution in [3.8, 4) is 11.6 Å². The first-order valence-corrected chi connectivity index (χ1v) is 11.3. The van der Waals surface area contributed by atoms with Crippen LogP contribution in [0.15, 0.2) is 49.1 Å². The Kier molecular flexibility index (Phi) is 5.87. The highest BCUT2D eigenvalue weighted by molar-refractivity contribution is 6.00. The molecule has 5 rings (SSSR count). The number of rotatable bonds is 5. The average molecular weight is 462 g/mol. The molecule has 1 aromatic carbocycles. The van der Waals surface area contributed by atoms with Crippen LogP contribution in [0, 0.1) is 12.8 Å². The highest BCUT2D eigenvalue weighted by Gasteiger charge is 2.38. The van der Waals surface area contributed by atoms with Gasteiger partial charge in [0, 0.05) is 69.4 Å². The van der Waals surface area contributed by atoms with Crippen molar-refractivity contribution < 1.29 is 14.3 Å². The van der Waals surface area contributed by atoms with E-state index in [0.717, 1.165) is 17.3 Å². The average Bonchev–Trinajstić information content (AvgIpc) is 3.54. The fraction of sp³-hybridized carbons (Fsp3) is 0.375. The molecule has 0 bridgehead atoms. The van der Waals surface area contributed by atoms with E-state index in [4.69, 9.17) is 4.74 Å². The molecular formula is C24H27N7O3. The van der Waals surface area contributed by atoms with Gasteiger partial charge in [-0.1, -0.05) is 6.07 Å². The van der Waals surface area contributed by atoms with Crippen molar-refractivity contribution in [3.05, 3.63) is 54.9 Å². The number of carbonyl (C=O) groups excluding carboxylic acids is 2. The van der Waals surface area contributed by atoms with E-state index in [-0.39, 0.29) is 24.2 Å². The Morgan fingerprint density at radius 2 is 1.88 bits per heavy atom. The number of methoxy groups -OCH3 is 1. The Morgan fingerprint density at radius 3 is 2.62 bits per heavy atom. The van der Waals surface area contributed by atoms with Crippen LogP contribution in [0.2, 0.25) is 0 Å². The predicted octanol–water partition coefficient (Wildman–Crippen LogP) is 1.68. The van der Waals surface area contributed by atoms with Gasteiger partial charge in [0.05, 0.1) is 13.0 Å². The molecule has 1 atom stereocenters. The number of aromatic nitrogens is 4. The number of benzene rings is 1. The van der Waals surface area contributed by atoms with Crippen molar-refractivity contribution in [2.75, 3.05) is 49.6 Å². The van der Waals surface area contributed by atoms with Crippen LogP contribution >= 0.6 is 0 Å². The van der Waals surface area contributed by atoms with Crippen molar-refractivity contribution in [3.63, 3.8) is 0 Å². The van der Waals surface area contributed by atoms with Crippen LogP contribution in [0.1, 0.15) is 12.2 Å². The van der Waals surface area contributed by atoms with Crippen molar-refractivity contribution in [2.24, 2.45) is 5.92 Å². The molecule has 0 saturated carbocycles. The predicted molar refractivity (Wildman–Crippen MR) is 126 cm³/mol. The molecule has 176 valence electrons. The molecule has 4 heterocycles. The third-order valence-corrected chi connectivity index (χ3v) is 6.33. The van der Waals surface area contributed by atoms with Gasteiger partial charge in [-0.05, 0) is 19.1 Å². The first-order valence-electron chi connectivity index (χ1n) is 11.3. The SMILES string of the molecule is COc1cccc(N2CC(C(=O)N3CCN(c4cc(-n5ccnc5)nc(C)n4)CC3)CC2=O)c1. The van der Waals surface area contributed by atoms with Crippen LogP contribution in [0.25, 0.3) is 5.82 Å². The minimum absolute atomic E-state index is 0.0336. The molecule has 0 radical (unpaired) electrons. The third kappa shape index (κ3) is 4.30. The number of hydrogen-bond donors (Lipinski definition) is 0. The second-order valence-corrected chi connectivity index (χ2v) is 8.52. The van der Waals surface area contributed by atoms with E-state index in [1.54, 1.807) is 24.5 Å². The number of imidazole rings is 1. The number of amides is 2. The summed E-state index contributed by atoms with van der Waals surface area (Å²) in [5, 5.41) is 0. The lowest BCUT2D eigenvalue weighted by molar-refractivity contribution is -0.136. The zero-order valence-electron chi connectivity index (χ0n) is 19.3. The van der Waals surface area contributed by atoms with Crippen molar-refractivity contribution in [1.29, 1.82) is 0 Å². The van der Waals surface area contributed by atoms with Gasteiger partial charge in [-0.15, -0.1) is 0 Å². The Labute approximate surface area is 197 Å². The molecule has 2 fully saturated rings. The minimum atomic E-state index is -0.334. The lowest BCUT2D eigenvalue weighted by Crippen LogP contribution is -2.51. The Bertz CT molecular complexity index is 1190. The summed E-state index contributed by atoms with van der Waals surface area (Å²) < 4.78 is 7.12. The van der Waals surface area contributed by atoms with Crippen LogP contribution in [-0.4, -0.2) is 76.1 Å². The first kappa shape index (κ1) is 21.9. The molecule has 2 aliphatic heterocycles. The van der Waals surface area contributed by atoms with Gasteiger partial charge in [0.15, 0.2) is 0 Å². The van der Waals surface area contributed by atoms with E-state index in [9.17, 15) is 9.59 Å². The van der Waals surface area contributed by atoms with Gasteiger partial charge in [0.1, 0.15) is 29.5 Å². The maximum Gasteiger partial charge on any atom is 0.228 e. The molecule has 2 aromatic heterocycles. The maximum atomic E-state index is 13.2. The summed E-state index contributed by atoms with van der Waals surface area (Å²) in [6.07, 6.45) is 5.50. The van der Waals surface area contributed by atoms with E-state index in [1.807, 2.05) is 52.9 Å². The van der Waals surface area contributed by atoms with E-state index >= 15 is 0 Å². The fourth-order valence-electron chi connectivity index (χ4n) is 4.54. The Balaban J connectivity index is 1.22. The minimum Gasteiger partial charge on any atom is -0.497 e. The highest BCUT2D eigenvalue weighted by atomic mass is 16.5. The van der Waals surface area contributed by atoms with Gasteiger partial charge >= 0.3 is 0 Å². The zero-order valence-corrected chi connectivity index (χ0v) is 19.3. The molecule has 2 amide bonds. The lowest BCUT2D eigenvalue weighted by atomic mass is 10.1. The number of hydrogen-bond acceptors (Lipinski definition) is 7. The maximum absolute atomic E-state index is 13.2. The number of piperazine rings is 1. The molecule has 2 aliphatic rings. The molecule has 10 nitrogen and oxygen atoms in total. The van der Waals surface area contributed by atoms with Gasteiger partial charge in [-0.25, -0.2) is 15.0 Å². The van der Waals surface area contributed by atoms with Crippen LogP contribution in [0.5, 0.6) is 5.75 Å². The third-order valence-electron chi connectivity index (χ3n) is 6.33. The summed E-state index contributed by atoms with van der Waals surface area (Å²) in [7, 11) is 1.60. The number of nitrogens with zero attached hydrogens (tertiary/aromatic N) is 7. The monoisotopic (exact) mass is 461 g/mol. The van der Waals surface area contributed by atoms with Crippen LogP contribution in [-0.2, 0) is 9.59 Å². The number of aryl methyl sites for hydroxylation is 1. The van der Waals surface area contributed by atoms with Gasteiger partial charge < -0.3 is 19.4 Å². The molecule has 10 heteroatoms. The quantitative estimate of drug-likeness (QED) is 0.570. The zero-order chi connectivity index (χ0) is 23.7. The van der Waals surface area contributed by atoms with Gasteiger partial charge in [0.25, 0.3) is 0 Å². The van der Waals surface area contributed by atoms with Gasteiger partial charge in [-0.3, -0.25) is 14.2 Å². The van der Waals surface area contributed by atoms with E-state index < -0.39 is 0 Å². The Morgan fingerprint density at radius 1 is 1.09 bits per heavy atom. The van der Waals surface area contributed by atoms with Crippen LogP contribution < -0.4 is 14.5 Å². The second-order valence-electron chi connectivity index (χ2n) is 8.52. The second kappa shape index (κ2) is 9.12. The standard InChI is InChI=1S/C24H27N7O3/c1-17-26-21(14-22(27-17)30-7-6-25-16-30)28-8-10-29(11-9-28)24(33)18-12-23(32)31(15-18)19-4-3-5-20(13-19)34-2/h3-7,13-14,16,18H,8-12,15H2,1-2H3. The van der Waals surface area contributed by atoms with Crippen molar-refractivity contribution >= 4 is 23.3 Å².